The molecule has 0 aliphatic heterocycles. The van der Waals surface area contributed by atoms with Crippen molar-refractivity contribution in [2.24, 2.45) is 0 Å². The molecule has 94 valence electrons. The van der Waals surface area contributed by atoms with Crippen molar-refractivity contribution in [2.75, 3.05) is 5.73 Å². The Morgan fingerprint density at radius 2 is 2.06 bits per heavy atom. The molecule has 2 N–H and O–H groups in total. The van der Waals surface area contributed by atoms with Crippen molar-refractivity contribution in [1.82, 2.24) is 4.98 Å². The van der Waals surface area contributed by atoms with Crippen LogP contribution in [0.1, 0.15) is 5.56 Å². The van der Waals surface area contributed by atoms with Crippen LogP contribution in [-0.4, -0.2) is 9.19 Å². The average Bonchev–Trinajstić information content (AvgIpc) is 2.32. The summed E-state index contributed by atoms with van der Waals surface area (Å²) in [4.78, 5) is 4.44. The van der Waals surface area contributed by atoms with Crippen molar-refractivity contribution >= 4 is 39.7 Å². The Kier molecular flexibility index (Phi) is 4.22. The zero-order valence-corrected chi connectivity index (χ0v) is 11.6. The van der Waals surface area contributed by atoms with Crippen LogP contribution in [0, 0.1) is 0 Å². The zero-order chi connectivity index (χ0) is 13.1. The Bertz CT molecular complexity index is 604. The van der Waals surface area contributed by atoms with Gasteiger partial charge in [-0.2, -0.15) is 0 Å². The Morgan fingerprint density at radius 1 is 1.28 bits per heavy atom. The van der Waals surface area contributed by atoms with Crippen molar-refractivity contribution in [3.63, 3.8) is 0 Å². The van der Waals surface area contributed by atoms with E-state index in [1.807, 2.05) is 0 Å². The van der Waals surface area contributed by atoms with Crippen LogP contribution in [-0.2, 0) is 16.6 Å². The molecule has 1 atom stereocenters. The summed E-state index contributed by atoms with van der Waals surface area (Å²) in [5.41, 5.74) is 6.99. The summed E-state index contributed by atoms with van der Waals surface area (Å²) in [6.07, 6.45) is 3.14. The van der Waals surface area contributed by atoms with Gasteiger partial charge in [-0.3, -0.25) is 9.19 Å². The van der Waals surface area contributed by atoms with E-state index < -0.39 is 10.8 Å². The number of nitrogens with two attached hydrogens (primary N) is 1. The highest BCUT2D eigenvalue weighted by Crippen LogP contribution is 2.24. The molecule has 0 aliphatic rings. The van der Waals surface area contributed by atoms with Gasteiger partial charge in [0.1, 0.15) is 0 Å². The average molecular weight is 301 g/mol. The van der Waals surface area contributed by atoms with Gasteiger partial charge in [0.15, 0.2) is 0 Å². The predicted molar refractivity (Wildman–Crippen MR) is 75.2 cm³/mol. The molecule has 0 radical (unpaired) electrons. The third-order valence-corrected chi connectivity index (χ3v) is 4.37. The van der Waals surface area contributed by atoms with E-state index in [4.69, 9.17) is 28.9 Å². The predicted octanol–water partition coefficient (Wildman–Crippen LogP) is 3.28. The maximum Gasteiger partial charge on any atom is 0.0630 e. The summed E-state index contributed by atoms with van der Waals surface area (Å²) in [5.74, 6) is 0.299. The van der Waals surface area contributed by atoms with Gasteiger partial charge in [-0.15, -0.1) is 0 Å². The molecule has 18 heavy (non-hydrogen) atoms. The van der Waals surface area contributed by atoms with E-state index >= 15 is 0 Å². The van der Waals surface area contributed by atoms with E-state index in [-0.39, 0.29) is 0 Å². The van der Waals surface area contributed by atoms with E-state index in [0.717, 1.165) is 5.56 Å². The van der Waals surface area contributed by atoms with Gasteiger partial charge >= 0.3 is 0 Å². The minimum Gasteiger partial charge on any atom is -0.398 e. The zero-order valence-electron chi connectivity index (χ0n) is 9.27. The van der Waals surface area contributed by atoms with E-state index in [1.165, 1.54) is 6.20 Å². The van der Waals surface area contributed by atoms with Gasteiger partial charge < -0.3 is 5.73 Å². The molecule has 1 heterocycles. The summed E-state index contributed by atoms with van der Waals surface area (Å²) < 4.78 is 12.2. The molecule has 0 amide bonds. The lowest BCUT2D eigenvalue weighted by Gasteiger charge is -2.07. The van der Waals surface area contributed by atoms with Crippen LogP contribution in [0.2, 0.25) is 10.0 Å². The second-order valence-electron chi connectivity index (χ2n) is 3.64. The summed E-state index contributed by atoms with van der Waals surface area (Å²) in [5, 5.41) is 1.02. The lowest BCUT2D eigenvalue weighted by atomic mass is 10.3. The fourth-order valence-corrected chi connectivity index (χ4v) is 3.14. The van der Waals surface area contributed by atoms with E-state index in [9.17, 15) is 4.21 Å². The number of anilines is 1. The first-order chi connectivity index (χ1) is 8.58. The van der Waals surface area contributed by atoms with Crippen LogP contribution in [0.25, 0.3) is 0 Å². The molecular weight excluding hydrogens is 291 g/mol. The quantitative estimate of drug-likeness (QED) is 0.885. The topological polar surface area (TPSA) is 56.0 Å². The van der Waals surface area contributed by atoms with E-state index in [2.05, 4.69) is 4.98 Å². The monoisotopic (exact) mass is 300 g/mol. The van der Waals surface area contributed by atoms with E-state index in [1.54, 1.807) is 30.5 Å². The van der Waals surface area contributed by atoms with Gasteiger partial charge in [-0.1, -0.05) is 23.2 Å². The lowest BCUT2D eigenvalue weighted by molar-refractivity contribution is 0.683. The standard InChI is InChI=1S/C12H10Cl2N2OS/c13-9-1-2-12(11(15)5-9)18(17)7-8-3-4-16-6-10(8)14/h1-6H,7,15H2. The minimum atomic E-state index is -1.26. The second kappa shape index (κ2) is 5.69. The third kappa shape index (κ3) is 3.02. The Labute approximate surface area is 117 Å². The number of hydrogen-bond acceptors (Lipinski definition) is 3. The summed E-state index contributed by atoms with van der Waals surface area (Å²) in [7, 11) is -1.26. The molecule has 1 unspecified atom stereocenters. The van der Waals surface area contributed by atoms with Crippen molar-refractivity contribution < 1.29 is 4.21 Å². The molecule has 1 aromatic carbocycles. The first-order valence-electron chi connectivity index (χ1n) is 5.09. The number of pyridine rings is 1. The van der Waals surface area contributed by atoms with Crippen molar-refractivity contribution in [3.8, 4) is 0 Å². The molecule has 0 aliphatic carbocycles. The van der Waals surface area contributed by atoms with Gasteiger partial charge in [0.2, 0.25) is 0 Å². The maximum atomic E-state index is 12.2. The molecule has 0 saturated carbocycles. The number of nitrogens with zero attached hydrogens (tertiary/aromatic N) is 1. The first-order valence-corrected chi connectivity index (χ1v) is 7.17. The second-order valence-corrected chi connectivity index (χ2v) is 5.90. The molecule has 0 spiro atoms. The molecule has 2 aromatic rings. The molecule has 1 aromatic heterocycles. The Hall–Kier alpha value is -1.10. The van der Waals surface area contributed by atoms with Crippen molar-refractivity contribution in [1.29, 1.82) is 0 Å². The van der Waals surface area contributed by atoms with Crippen LogP contribution in [0.15, 0.2) is 41.6 Å². The van der Waals surface area contributed by atoms with Gasteiger partial charge in [0, 0.05) is 23.1 Å². The van der Waals surface area contributed by atoms with E-state index in [0.29, 0.717) is 26.4 Å². The number of rotatable bonds is 3. The number of nitrogen functional groups attached to an aromatic ring is 1. The number of aromatic nitrogens is 1. The Morgan fingerprint density at radius 3 is 2.72 bits per heavy atom. The summed E-state index contributed by atoms with van der Waals surface area (Å²) in [6, 6.07) is 6.66. The summed E-state index contributed by atoms with van der Waals surface area (Å²) >= 11 is 11.8. The van der Waals surface area contributed by atoms with Gasteiger partial charge in [-0.25, -0.2) is 0 Å². The molecular formula is C12H10Cl2N2OS. The first kappa shape index (κ1) is 13.3. The van der Waals surface area contributed by atoms with Gasteiger partial charge in [-0.05, 0) is 29.8 Å². The molecule has 0 saturated heterocycles. The fourth-order valence-electron chi connectivity index (χ4n) is 1.47. The lowest BCUT2D eigenvalue weighted by Crippen LogP contribution is -2.01. The number of hydrogen-bond donors (Lipinski definition) is 1. The molecule has 6 heteroatoms. The fraction of sp³-hybridized carbons (Fsp3) is 0.0833. The van der Waals surface area contributed by atoms with Crippen LogP contribution < -0.4 is 5.73 Å². The highest BCUT2D eigenvalue weighted by atomic mass is 35.5. The largest absolute Gasteiger partial charge is 0.398 e. The maximum absolute atomic E-state index is 12.2. The van der Waals surface area contributed by atoms with Crippen molar-refractivity contribution in [3.05, 3.63) is 52.3 Å². The third-order valence-electron chi connectivity index (χ3n) is 2.36. The molecule has 0 fully saturated rings. The highest BCUT2D eigenvalue weighted by molar-refractivity contribution is 7.84. The molecule has 2 rings (SSSR count). The SMILES string of the molecule is Nc1cc(Cl)ccc1S(=O)Cc1ccncc1Cl. The van der Waals surface area contributed by atoms with Crippen LogP contribution in [0.4, 0.5) is 5.69 Å². The minimum absolute atomic E-state index is 0.299. The smallest absolute Gasteiger partial charge is 0.0630 e. The Balaban J connectivity index is 2.25. The van der Waals surface area contributed by atoms with Crippen LogP contribution >= 0.6 is 23.2 Å². The van der Waals surface area contributed by atoms with Crippen molar-refractivity contribution in [2.45, 2.75) is 10.6 Å². The van der Waals surface area contributed by atoms with Crippen LogP contribution in [0.3, 0.4) is 0 Å². The summed E-state index contributed by atoms with van der Waals surface area (Å²) in [6.45, 7) is 0. The molecule has 0 bridgehead atoms. The molecule has 3 nitrogen and oxygen atoms in total. The number of benzene rings is 1. The van der Waals surface area contributed by atoms with Gasteiger partial charge in [0.05, 0.1) is 26.5 Å². The highest BCUT2D eigenvalue weighted by Gasteiger charge is 2.11. The normalized spacial score (nSPS) is 12.3. The van der Waals surface area contributed by atoms with Crippen LogP contribution in [0.5, 0.6) is 0 Å². The number of halogens is 2. The van der Waals surface area contributed by atoms with Gasteiger partial charge in [0.25, 0.3) is 0 Å².